The van der Waals surface area contributed by atoms with Gasteiger partial charge in [-0.05, 0) is 71.4 Å². The molecule has 56 heavy (non-hydrogen) atoms. The molecule has 4 nitrogen and oxygen atoms in total. The van der Waals surface area contributed by atoms with Crippen molar-refractivity contribution in [3.63, 3.8) is 0 Å². The van der Waals surface area contributed by atoms with Crippen molar-refractivity contribution in [1.82, 2.24) is 13.5 Å². The summed E-state index contributed by atoms with van der Waals surface area (Å²) in [4.78, 5) is 0. The predicted octanol–water partition coefficient (Wildman–Crippen LogP) is 14.1. The maximum Gasteiger partial charge on any atom is 0.159 e. The third-order valence-electron chi connectivity index (χ3n) is 12.5. The van der Waals surface area contributed by atoms with Crippen molar-refractivity contribution in [2.24, 2.45) is 0 Å². The van der Waals surface area contributed by atoms with Crippen LogP contribution < -0.4 is 0 Å². The number of hydrogen-bond donors (Lipinski definition) is 0. The van der Waals surface area contributed by atoms with Crippen LogP contribution in [0.1, 0.15) is 0 Å². The normalized spacial score (nSPS) is 12.6. The summed E-state index contributed by atoms with van der Waals surface area (Å²) >= 11 is 0. The average molecular weight is 712 g/mol. The van der Waals surface area contributed by atoms with E-state index in [2.05, 4.69) is 189 Å². The minimum atomic E-state index is 0.877. The molecule has 0 saturated carbocycles. The van der Waals surface area contributed by atoms with Crippen LogP contribution >= 0.6 is 0 Å². The molecular formula is C52H29N3O. The predicted molar refractivity (Wildman–Crippen MR) is 235 cm³/mol. The van der Waals surface area contributed by atoms with Gasteiger partial charge in [0.05, 0.1) is 44.3 Å². The van der Waals surface area contributed by atoms with E-state index >= 15 is 0 Å². The maximum absolute atomic E-state index is 6.97. The van der Waals surface area contributed by atoms with E-state index in [0.717, 1.165) is 38.8 Å². The van der Waals surface area contributed by atoms with Gasteiger partial charge < -0.3 is 18.0 Å². The highest BCUT2D eigenvalue weighted by Gasteiger charge is 2.26. The van der Waals surface area contributed by atoms with Gasteiger partial charge in [0.15, 0.2) is 5.58 Å². The second kappa shape index (κ2) is 10.1. The molecular weight excluding hydrogens is 683 g/mol. The van der Waals surface area contributed by atoms with Gasteiger partial charge in [0.25, 0.3) is 0 Å². The Balaban J connectivity index is 1.25. The lowest BCUT2D eigenvalue weighted by molar-refractivity contribution is 0.666. The summed E-state index contributed by atoms with van der Waals surface area (Å²) in [6.45, 7) is 0. The molecule has 9 aromatic carbocycles. The molecule has 0 spiro atoms. The molecule has 0 radical (unpaired) electrons. The molecule has 258 valence electrons. The maximum atomic E-state index is 6.97. The number of furan rings is 1. The second-order valence-corrected chi connectivity index (χ2v) is 15.3. The van der Waals surface area contributed by atoms with E-state index < -0.39 is 0 Å². The zero-order valence-electron chi connectivity index (χ0n) is 30.0. The Kier molecular flexibility index (Phi) is 5.23. The number of fused-ring (bicyclic) bond motifs is 17. The Bertz CT molecular complexity index is 3950. The van der Waals surface area contributed by atoms with Crippen LogP contribution in [0.3, 0.4) is 0 Å². The van der Waals surface area contributed by atoms with Crippen LogP contribution in [0.2, 0.25) is 0 Å². The third-order valence-corrected chi connectivity index (χ3v) is 12.5. The Labute approximate surface area is 318 Å². The zero-order valence-corrected chi connectivity index (χ0v) is 30.0. The zero-order chi connectivity index (χ0) is 36.2. The molecule has 14 rings (SSSR count). The number of nitrogens with zero attached hydrogens (tertiary/aromatic N) is 3. The van der Waals surface area contributed by atoms with E-state index in [1.54, 1.807) is 0 Å². The summed E-state index contributed by atoms with van der Waals surface area (Å²) in [7, 11) is 0. The van der Waals surface area contributed by atoms with Crippen LogP contribution in [0.5, 0.6) is 0 Å². The van der Waals surface area contributed by atoms with Crippen LogP contribution in [0.15, 0.2) is 180 Å². The fourth-order valence-electron chi connectivity index (χ4n) is 10.2. The molecule has 0 N–H and O–H groups in total. The average Bonchev–Trinajstić information content (AvgIpc) is 4.04. The fraction of sp³-hybridized carbons (Fsp3) is 0. The van der Waals surface area contributed by atoms with Crippen molar-refractivity contribution in [3.05, 3.63) is 176 Å². The summed E-state index contributed by atoms with van der Waals surface area (Å²) in [6.07, 6.45) is 0. The van der Waals surface area contributed by atoms with Crippen molar-refractivity contribution >= 4 is 114 Å². The van der Waals surface area contributed by atoms with Crippen LogP contribution in [-0.2, 0) is 0 Å². The van der Waals surface area contributed by atoms with Gasteiger partial charge in [-0.1, -0.05) is 115 Å². The molecule has 0 bridgehead atoms. The smallest absolute Gasteiger partial charge is 0.159 e. The van der Waals surface area contributed by atoms with Crippen molar-refractivity contribution in [3.8, 4) is 11.4 Å². The highest BCUT2D eigenvalue weighted by molar-refractivity contribution is 6.36. The first kappa shape index (κ1) is 28.9. The topological polar surface area (TPSA) is 27.4 Å². The van der Waals surface area contributed by atoms with E-state index in [4.69, 9.17) is 4.42 Å². The molecule has 0 fully saturated rings. The first-order chi connectivity index (χ1) is 27.8. The van der Waals surface area contributed by atoms with E-state index in [1.807, 2.05) is 0 Å². The molecule has 0 amide bonds. The lowest BCUT2D eigenvalue weighted by Crippen LogP contribution is -1.99. The lowest BCUT2D eigenvalue weighted by Gasteiger charge is -2.14. The van der Waals surface area contributed by atoms with Gasteiger partial charge in [-0.2, -0.15) is 0 Å². The van der Waals surface area contributed by atoms with Gasteiger partial charge in [-0.3, -0.25) is 0 Å². The first-order valence-corrected chi connectivity index (χ1v) is 19.3. The minimum absolute atomic E-state index is 0.877. The Morgan fingerprint density at radius 3 is 1.64 bits per heavy atom. The number of para-hydroxylation sites is 5. The largest absolute Gasteiger partial charge is 0.454 e. The summed E-state index contributed by atoms with van der Waals surface area (Å²) in [5.74, 6) is 0. The number of hydrogen-bond acceptors (Lipinski definition) is 1. The van der Waals surface area contributed by atoms with Gasteiger partial charge in [0.2, 0.25) is 0 Å². The molecule has 0 unspecified atom stereocenters. The quantitative estimate of drug-likeness (QED) is 0.175. The van der Waals surface area contributed by atoms with Gasteiger partial charge in [-0.25, -0.2) is 0 Å². The molecule has 0 aliphatic heterocycles. The lowest BCUT2D eigenvalue weighted by atomic mass is 10.0. The molecule has 14 aromatic rings. The van der Waals surface area contributed by atoms with Crippen molar-refractivity contribution < 1.29 is 4.42 Å². The summed E-state index contributed by atoms with van der Waals surface area (Å²) < 4.78 is 14.4. The van der Waals surface area contributed by atoms with Crippen LogP contribution in [-0.4, -0.2) is 13.5 Å². The molecule has 0 atom stereocenters. The Morgan fingerprint density at radius 2 is 0.911 bits per heavy atom. The standard InChI is InChI=1S/C52H29N3O/c1-2-14-31-26-45-40(25-30(31)13-1)49-46(29-38-35-17-5-10-22-43(35)55-44-23-11-6-19-37(44)50(49)51(38)55)54(45)47-28-32(27-39-36-18-7-12-24-48(36)56-52(39)47)53-41-20-8-3-15-33(41)34-16-4-9-21-42(34)53/h1-29H. The van der Waals surface area contributed by atoms with E-state index in [-0.39, 0.29) is 0 Å². The van der Waals surface area contributed by atoms with Crippen molar-refractivity contribution in [1.29, 1.82) is 0 Å². The van der Waals surface area contributed by atoms with Crippen molar-refractivity contribution in [2.75, 3.05) is 0 Å². The minimum Gasteiger partial charge on any atom is -0.454 e. The number of benzene rings is 9. The van der Waals surface area contributed by atoms with Gasteiger partial charge in [-0.15, -0.1) is 0 Å². The number of aromatic nitrogens is 3. The van der Waals surface area contributed by atoms with E-state index in [9.17, 15) is 0 Å². The third kappa shape index (κ3) is 3.46. The Hall–Kier alpha value is -7.56. The molecule has 5 aromatic heterocycles. The second-order valence-electron chi connectivity index (χ2n) is 15.3. The van der Waals surface area contributed by atoms with Crippen molar-refractivity contribution in [2.45, 2.75) is 0 Å². The molecule has 5 heterocycles. The van der Waals surface area contributed by atoms with Crippen LogP contribution in [0.25, 0.3) is 126 Å². The van der Waals surface area contributed by atoms with Gasteiger partial charge >= 0.3 is 0 Å². The molecule has 0 aliphatic rings. The highest BCUT2D eigenvalue weighted by atomic mass is 16.3. The summed E-state index contributed by atoms with van der Waals surface area (Å²) in [6, 6.07) is 64.4. The number of rotatable bonds is 2. The van der Waals surface area contributed by atoms with Gasteiger partial charge in [0.1, 0.15) is 5.58 Å². The van der Waals surface area contributed by atoms with Gasteiger partial charge in [0, 0.05) is 59.5 Å². The van der Waals surface area contributed by atoms with Crippen LogP contribution in [0, 0.1) is 0 Å². The van der Waals surface area contributed by atoms with Crippen LogP contribution in [0.4, 0.5) is 0 Å². The SMILES string of the molecule is c1ccc2cc3c(cc2c1)c1c2c4ccccc4n4c5ccccc5c(cc1n3-c1cc(-n3c5ccccc5c5ccccc53)cc3c1oc1ccccc13)c24. The van der Waals surface area contributed by atoms with E-state index in [1.165, 1.54) is 87.0 Å². The Morgan fingerprint density at radius 1 is 0.339 bits per heavy atom. The monoisotopic (exact) mass is 711 g/mol. The highest BCUT2D eigenvalue weighted by Crippen LogP contribution is 2.48. The summed E-state index contributed by atoms with van der Waals surface area (Å²) in [5.41, 5.74) is 12.3. The molecule has 0 saturated heterocycles. The molecule has 4 heteroatoms. The first-order valence-electron chi connectivity index (χ1n) is 19.3. The molecule has 0 aliphatic carbocycles. The fourth-order valence-corrected chi connectivity index (χ4v) is 10.2. The van der Waals surface area contributed by atoms with E-state index in [0.29, 0.717) is 0 Å². The summed E-state index contributed by atoms with van der Waals surface area (Å²) in [5, 5.41) is 14.7.